The zero-order valence-corrected chi connectivity index (χ0v) is 11.1. The van der Waals surface area contributed by atoms with Crippen LogP contribution in [0.1, 0.15) is 0 Å². The van der Waals surface area contributed by atoms with E-state index in [1.807, 2.05) is 0 Å². The van der Waals surface area contributed by atoms with Gasteiger partial charge in [-0.2, -0.15) is 0 Å². The molecular weight excluding hydrogens is 256 g/mol. The molecule has 0 radical (unpaired) electrons. The quantitative estimate of drug-likeness (QED) is 0.649. The molecule has 0 aliphatic rings. The van der Waals surface area contributed by atoms with E-state index in [0.29, 0.717) is 19.0 Å². The summed E-state index contributed by atoms with van der Waals surface area (Å²) >= 11 is 0. The summed E-state index contributed by atoms with van der Waals surface area (Å²) in [6, 6.07) is 6.18. The third-order valence-corrected chi connectivity index (χ3v) is 3.60. The fraction of sp³-hybridized carbons (Fsp3) is 0.455. The predicted octanol–water partition coefficient (Wildman–Crippen LogP) is -0.0512. The maximum atomic E-state index is 11.7. The molecule has 0 spiro atoms. The fourth-order valence-electron chi connectivity index (χ4n) is 1.23. The Kier molecular flexibility index (Phi) is 6.06. The van der Waals surface area contributed by atoms with E-state index in [1.54, 1.807) is 19.2 Å². The number of hydrogen-bond acceptors (Lipinski definition) is 5. The van der Waals surface area contributed by atoms with Gasteiger partial charge in [0.25, 0.3) is 0 Å². The standard InChI is InChI=1S/C11H18N2O4S/c1-16-8-9-17-10-2-4-11(5-3-10)18(14,15)13-7-6-12/h2-5,13H,6-9,12H2,1H3. The highest BCUT2D eigenvalue weighted by atomic mass is 32.2. The number of sulfonamides is 1. The topological polar surface area (TPSA) is 90.6 Å². The van der Waals surface area contributed by atoms with Gasteiger partial charge < -0.3 is 15.2 Å². The molecule has 0 saturated heterocycles. The van der Waals surface area contributed by atoms with Crippen LogP contribution >= 0.6 is 0 Å². The lowest BCUT2D eigenvalue weighted by molar-refractivity contribution is 0.146. The van der Waals surface area contributed by atoms with E-state index in [4.69, 9.17) is 15.2 Å². The smallest absolute Gasteiger partial charge is 0.240 e. The number of nitrogens with two attached hydrogens (primary N) is 1. The molecule has 7 heteroatoms. The molecule has 6 nitrogen and oxygen atoms in total. The number of methoxy groups -OCH3 is 1. The molecule has 0 heterocycles. The van der Waals surface area contributed by atoms with Crippen molar-refractivity contribution in [1.82, 2.24) is 4.72 Å². The predicted molar refractivity (Wildman–Crippen MR) is 68.1 cm³/mol. The summed E-state index contributed by atoms with van der Waals surface area (Å²) in [4.78, 5) is 0.190. The van der Waals surface area contributed by atoms with E-state index < -0.39 is 10.0 Å². The summed E-state index contributed by atoms with van der Waals surface area (Å²) < 4.78 is 36.0. The van der Waals surface area contributed by atoms with Gasteiger partial charge in [0.05, 0.1) is 11.5 Å². The van der Waals surface area contributed by atoms with E-state index in [2.05, 4.69) is 4.72 Å². The summed E-state index contributed by atoms with van der Waals surface area (Å²) in [5.41, 5.74) is 5.25. The van der Waals surface area contributed by atoms with E-state index >= 15 is 0 Å². The molecule has 1 aromatic rings. The Morgan fingerprint density at radius 2 is 1.89 bits per heavy atom. The van der Waals surface area contributed by atoms with Crippen molar-refractivity contribution in [2.24, 2.45) is 5.73 Å². The maximum absolute atomic E-state index is 11.7. The monoisotopic (exact) mass is 274 g/mol. The normalized spacial score (nSPS) is 11.4. The second-order valence-corrected chi connectivity index (χ2v) is 5.27. The zero-order chi connectivity index (χ0) is 13.4. The third kappa shape index (κ3) is 4.61. The summed E-state index contributed by atoms with van der Waals surface area (Å²) in [5, 5.41) is 0. The number of ether oxygens (including phenoxy) is 2. The first-order valence-corrected chi connectivity index (χ1v) is 7.00. The Balaban J connectivity index is 2.64. The first-order valence-electron chi connectivity index (χ1n) is 5.51. The third-order valence-electron chi connectivity index (χ3n) is 2.13. The van der Waals surface area contributed by atoms with Gasteiger partial charge >= 0.3 is 0 Å². The van der Waals surface area contributed by atoms with Crippen molar-refractivity contribution in [3.63, 3.8) is 0 Å². The van der Waals surface area contributed by atoms with Crippen LogP contribution in [0, 0.1) is 0 Å². The molecule has 102 valence electrons. The van der Waals surface area contributed by atoms with Crippen LogP contribution in [0.4, 0.5) is 0 Å². The highest BCUT2D eigenvalue weighted by molar-refractivity contribution is 7.89. The van der Waals surface area contributed by atoms with Crippen molar-refractivity contribution in [2.75, 3.05) is 33.4 Å². The Morgan fingerprint density at radius 1 is 1.22 bits per heavy atom. The van der Waals surface area contributed by atoms with E-state index in [1.165, 1.54) is 12.1 Å². The Hall–Kier alpha value is -1.15. The van der Waals surface area contributed by atoms with E-state index in [0.717, 1.165) is 0 Å². The van der Waals surface area contributed by atoms with Crippen LogP contribution < -0.4 is 15.2 Å². The molecule has 1 rings (SSSR count). The second-order valence-electron chi connectivity index (χ2n) is 3.50. The van der Waals surface area contributed by atoms with Crippen LogP contribution in [0.2, 0.25) is 0 Å². The van der Waals surface area contributed by atoms with Crippen LogP contribution in [0.15, 0.2) is 29.2 Å². The van der Waals surface area contributed by atoms with Gasteiger partial charge in [-0.1, -0.05) is 0 Å². The van der Waals surface area contributed by atoms with Gasteiger partial charge in [0.15, 0.2) is 0 Å². The molecule has 0 aliphatic carbocycles. The summed E-state index contributed by atoms with van der Waals surface area (Å²) in [6.45, 7) is 1.39. The van der Waals surface area contributed by atoms with E-state index in [-0.39, 0.29) is 18.0 Å². The average molecular weight is 274 g/mol. The van der Waals surface area contributed by atoms with Gasteiger partial charge in [0, 0.05) is 20.2 Å². The zero-order valence-electron chi connectivity index (χ0n) is 10.3. The van der Waals surface area contributed by atoms with Gasteiger partial charge in [-0.15, -0.1) is 0 Å². The molecule has 18 heavy (non-hydrogen) atoms. The molecular formula is C11H18N2O4S. The molecule has 3 N–H and O–H groups in total. The second kappa shape index (κ2) is 7.32. The lowest BCUT2D eigenvalue weighted by Gasteiger charge is -2.08. The maximum Gasteiger partial charge on any atom is 0.240 e. The lowest BCUT2D eigenvalue weighted by atomic mass is 10.3. The molecule has 0 aromatic heterocycles. The molecule has 0 amide bonds. The van der Waals surface area contributed by atoms with Crippen LogP contribution in [-0.4, -0.2) is 41.8 Å². The minimum Gasteiger partial charge on any atom is -0.491 e. The highest BCUT2D eigenvalue weighted by Gasteiger charge is 2.12. The molecule has 0 fully saturated rings. The largest absolute Gasteiger partial charge is 0.491 e. The number of hydrogen-bond donors (Lipinski definition) is 2. The molecule has 0 aliphatic heterocycles. The fourth-order valence-corrected chi connectivity index (χ4v) is 2.28. The highest BCUT2D eigenvalue weighted by Crippen LogP contribution is 2.15. The summed E-state index contributed by atoms with van der Waals surface area (Å²) in [6.07, 6.45) is 0. The van der Waals surface area contributed by atoms with Gasteiger partial charge in [0.1, 0.15) is 12.4 Å². The molecule has 0 atom stereocenters. The number of rotatable bonds is 8. The minimum absolute atomic E-state index is 0.190. The van der Waals surface area contributed by atoms with Crippen molar-refractivity contribution in [2.45, 2.75) is 4.90 Å². The molecule has 0 bridgehead atoms. The van der Waals surface area contributed by atoms with Crippen molar-refractivity contribution >= 4 is 10.0 Å². The molecule has 1 aromatic carbocycles. The van der Waals surface area contributed by atoms with Crippen molar-refractivity contribution in [3.8, 4) is 5.75 Å². The van der Waals surface area contributed by atoms with Gasteiger partial charge in [0.2, 0.25) is 10.0 Å². The SMILES string of the molecule is COCCOc1ccc(S(=O)(=O)NCCN)cc1. The first-order chi connectivity index (χ1) is 8.60. The van der Waals surface area contributed by atoms with Crippen LogP contribution in [0.25, 0.3) is 0 Å². The van der Waals surface area contributed by atoms with Gasteiger partial charge in [-0.25, -0.2) is 13.1 Å². The van der Waals surface area contributed by atoms with Crippen LogP contribution in [0.3, 0.4) is 0 Å². The van der Waals surface area contributed by atoms with Gasteiger partial charge in [-0.05, 0) is 24.3 Å². The lowest BCUT2D eigenvalue weighted by Crippen LogP contribution is -2.29. The van der Waals surface area contributed by atoms with Crippen molar-refractivity contribution < 1.29 is 17.9 Å². The van der Waals surface area contributed by atoms with Gasteiger partial charge in [-0.3, -0.25) is 0 Å². The molecule has 0 saturated carbocycles. The van der Waals surface area contributed by atoms with Crippen LogP contribution in [0.5, 0.6) is 5.75 Å². The number of nitrogens with one attached hydrogen (secondary N) is 1. The molecule has 0 unspecified atom stereocenters. The average Bonchev–Trinajstić information content (AvgIpc) is 2.37. The van der Waals surface area contributed by atoms with Crippen molar-refractivity contribution in [3.05, 3.63) is 24.3 Å². The summed E-state index contributed by atoms with van der Waals surface area (Å²) in [5.74, 6) is 0.602. The Labute approximate surface area is 107 Å². The summed E-state index contributed by atoms with van der Waals surface area (Å²) in [7, 11) is -1.89. The van der Waals surface area contributed by atoms with Crippen LogP contribution in [-0.2, 0) is 14.8 Å². The Morgan fingerprint density at radius 3 is 2.44 bits per heavy atom. The number of benzene rings is 1. The minimum atomic E-state index is -3.47. The first kappa shape index (κ1) is 14.9. The van der Waals surface area contributed by atoms with Crippen molar-refractivity contribution in [1.29, 1.82) is 0 Å². The Bertz CT molecular complexity index is 445. The van der Waals surface area contributed by atoms with E-state index in [9.17, 15) is 8.42 Å².